The Morgan fingerprint density at radius 2 is 2.18 bits per heavy atom. The topological polar surface area (TPSA) is 63.9 Å². The third-order valence-electron chi connectivity index (χ3n) is 2.02. The third-order valence-corrected chi connectivity index (χ3v) is 3.76. The molecule has 0 aromatic heterocycles. The molecule has 0 amide bonds. The van der Waals surface area contributed by atoms with Crippen LogP contribution < -0.4 is 0 Å². The predicted octanol–water partition coefficient (Wildman–Crippen LogP) is -1.22. The van der Waals surface area contributed by atoms with E-state index in [9.17, 15) is 5.11 Å². The van der Waals surface area contributed by atoms with Gasteiger partial charge in [-0.1, -0.05) is 22.6 Å². The van der Waals surface area contributed by atoms with E-state index in [0.717, 1.165) is 0 Å². The first-order chi connectivity index (χ1) is 5.15. The average Bonchev–Trinajstić information content (AvgIpc) is 2.03. The van der Waals surface area contributed by atoms with Crippen molar-refractivity contribution < 1.29 is 15.3 Å². The molecular formula is C6H12INO3. The highest BCUT2D eigenvalue weighted by Gasteiger charge is 2.50. The fraction of sp³-hybridized carbons (Fsp3) is 1.00. The zero-order chi connectivity index (χ0) is 8.48. The number of hydrogen-bond donors (Lipinski definition) is 3. The van der Waals surface area contributed by atoms with Crippen LogP contribution >= 0.6 is 22.6 Å². The van der Waals surface area contributed by atoms with Crippen molar-refractivity contribution in [3.63, 3.8) is 0 Å². The molecule has 4 nitrogen and oxygen atoms in total. The van der Waals surface area contributed by atoms with Crippen LogP contribution in [0.15, 0.2) is 0 Å². The molecule has 1 aliphatic heterocycles. The van der Waals surface area contributed by atoms with Gasteiger partial charge in [-0.2, -0.15) is 0 Å². The Labute approximate surface area is 79.0 Å². The van der Waals surface area contributed by atoms with Crippen LogP contribution in [0.4, 0.5) is 0 Å². The second-order valence-corrected chi connectivity index (χ2v) is 4.53. The van der Waals surface area contributed by atoms with Crippen LogP contribution in [0, 0.1) is 0 Å². The molecule has 0 saturated carbocycles. The molecule has 1 heterocycles. The fourth-order valence-corrected chi connectivity index (χ4v) is 1.84. The normalized spacial score (nSPS) is 38.7. The number of halogens is 1. The summed E-state index contributed by atoms with van der Waals surface area (Å²) in [5.41, 5.74) is 0. The number of aliphatic hydroxyl groups is 3. The molecule has 2 atom stereocenters. The number of alkyl halides is 1. The van der Waals surface area contributed by atoms with E-state index in [2.05, 4.69) is 0 Å². The van der Waals surface area contributed by atoms with Crippen molar-refractivity contribution in [2.24, 2.45) is 0 Å². The summed E-state index contributed by atoms with van der Waals surface area (Å²) in [7, 11) is 0. The van der Waals surface area contributed by atoms with Gasteiger partial charge in [0.1, 0.15) is 3.55 Å². The van der Waals surface area contributed by atoms with Crippen LogP contribution in [-0.4, -0.2) is 56.2 Å². The summed E-state index contributed by atoms with van der Waals surface area (Å²) in [4.78, 5) is 1.86. The molecule has 5 heteroatoms. The van der Waals surface area contributed by atoms with Gasteiger partial charge in [-0.3, -0.25) is 4.90 Å². The van der Waals surface area contributed by atoms with E-state index in [-0.39, 0.29) is 13.2 Å². The number of nitrogens with zero attached hydrogens (tertiary/aromatic N) is 1. The Kier molecular flexibility index (Phi) is 3.10. The minimum absolute atomic E-state index is 0.0669. The summed E-state index contributed by atoms with van der Waals surface area (Å²) in [6.45, 7) is 1.05. The van der Waals surface area contributed by atoms with Gasteiger partial charge in [-0.25, -0.2) is 0 Å². The number of rotatable bonds is 3. The van der Waals surface area contributed by atoms with E-state index in [4.69, 9.17) is 10.2 Å². The smallest absolute Gasteiger partial charge is 0.124 e. The van der Waals surface area contributed by atoms with E-state index in [0.29, 0.717) is 13.1 Å². The zero-order valence-electron chi connectivity index (χ0n) is 6.07. The first-order valence-electron chi connectivity index (χ1n) is 3.49. The quantitative estimate of drug-likeness (QED) is 0.342. The summed E-state index contributed by atoms with van der Waals surface area (Å²) >= 11 is 2.02. The minimum atomic E-state index is -0.555. The fourth-order valence-electron chi connectivity index (χ4n) is 1.20. The van der Waals surface area contributed by atoms with E-state index >= 15 is 0 Å². The largest absolute Gasteiger partial charge is 0.395 e. The number of β-amino-alcohol motifs (C(OH)–C–C–N with tert-alkyl or cyclic N) is 2. The van der Waals surface area contributed by atoms with Crippen molar-refractivity contribution in [1.82, 2.24) is 4.90 Å². The van der Waals surface area contributed by atoms with Crippen LogP contribution in [0.1, 0.15) is 0 Å². The molecule has 1 fully saturated rings. The standard InChI is InChI=1S/C6H12INO3/c7-6(4-10)5(11)3-8(6)1-2-9/h5,9-11H,1-4H2/t5-,6+/m0/s1. The van der Waals surface area contributed by atoms with Crippen LogP contribution in [0.3, 0.4) is 0 Å². The van der Waals surface area contributed by atoms with E-state index < -0.39 is 9.65 Å². The monoisotopic (exact) mass is 273 g/mol. The average molecular weight is 273 g/mol. The Morgan fingerprint density at radius 1 is 1.55 bits per heavy atom. The van der Waals surface area contributed by atoms with Crippen molar-refractivity contribution in [2.75, 3.05) is 26.3 Å². The van der Waals surface area contributed by atoms with Crippen LogP contribution in [0.25, 0.3) is 0 Å². The molecular weight excluding hydrogens is 261 g/mol. The lowest BCUT2D eigenvalue weighted by Crippen LogP contribution is -2.69. The molecule has 0 radical (unpaired) electrons. The molecule has 3 N–H and O–H groups in total. The second-order valence-electron chi connectivity index (χ2n) is 2.66. The van der Waals surface area contributed by atoms with Crippen LogP contribution in [-0.2, 0) is 0 Å². The predicted molar refractivity (Wildman–Crippen MR) is 48.5 cm³/mol. The minimum Gasteiger partial charge on any atom is -0.395 e. The summed E-state index contributed by atoms with van der Waals surface area (Å²) in [6.07, 6.45) is -0.473. The number of likely N-dealkylation sites (tertiary alicyclic amines) is 1. The maximum absolute atomic E-state index is 9.27. The highest BCUT2D eigenvalue weighted by molar-refractivity contribution is 14.1. The van der Waals surface area contributed by atoms with Gasteiger partial charge in [-0.15, -0.1) is 0 Å². The summed E-state index contributed by atoms with van der Waals surface area (Å²) < 4.78 is -0.555. The maximum Gasteiger partial charge on any atom is 0.124 e. The Hall–Kier alpha value is 0.570. The lowest BCUT2D eigenvalue weighted by Gasteiger charge is -2.51. The van der Waals surface area contributed by atoms with Gasteiger partial charge in [0.15, 0.2) is 0 Å². The first kappa shape index (κ1) is 9.66. The highest BCUT2D eigenvalue weighted by Crippen LogP contribution is 2.36. The number of hydrogen-bond acceptors (Lipinski definition) is 4. The van der Waals surface area contributed by atoms with Gasteiger partial charge >= 0.3 is 0 Å². The molecule has 0 aromatic carbocycles. The Morgan fingerprint density at radius 3 is 2.55 bits per heavy atom. The molecule has 11 heavy (non-hydrogen) atoms. The van der Waals surface area contributed by atoms with Gasteiger partial charge in [0.2, 0.25) is 0 Å². The van der Waals surface area contributed by atoms with Gasteiger partial charge in [-0.05, 0) is 0 Å². The van der Waals surface area contributed by atoms with Crippen molar-refractivity contribution in [3.8, 4) is 0 Å². The highest BCUT2D eigenvalue weighted by atomic mass is 127. The lowest BCUT2D eigenvalue weighted by molar-refractivity contribution is -0.0972. The summed E-state index contributed by atoms with van der Waals surface area (Å²) in [5.74, 6) is 0. The van der Waals surface area contributed by atoms with Crippen molar-refractivity contribution in [2.45, 2.75) is 9.65 Å². The number of aliphatic hydroxyl groups excluding tert-OH is 3. The zero-order valence-corrected chi connectivity index (χ0v) is 8.23. The molecule has 1 aliphatic rings. The lowest BCUT2D eigenvalue weighted by atomic mass is 10.0. The van der Waals surface area contributed by atoms with Crippen molar-refractivity contribution in [1.29, 1.82) is 0 Å². The van der Waals surface area contributed by atoms with E-state index in [1.54, 1.807) is 0 Å². The van der Waals surface area contributed by atoms with Gasteiger partial charge in [0, 0.05) is 13.1 Å². The molecule has 1 saturated heterocycles. The molecule has 0 spiro atoms. The van der Waals surface area contributed by atoms with Crippen LogP contribution in [0.5, 0.6) is 0 Å². The van der Waals surface area contributed by atoms with Crippen molar-refractivity contribution in [3.05, 3.63) is 0 Å². The molecule has 66 valence electrons. The second kappa shape index (κ2) is 3.53. The van der Waals surface area contributed by atoms with Gasteiger partial charge in [0.25, 0.3) is 0 Å². The van der Waals surface area contributed by atoms with Crippen molar-refractivity contribution >= 4 is 22.6 Å². The first-order valence-corrected chi connectivity index (χ1v) is 4.56. The third kappa shape index (κ3) is 1.52. The van der Waals surface area contributed by atoms with Gasteiger partial charge < -0.3 is 15.3 Å². The molecule has 0 aromatic rings. The summed E-state index contributed by atoms with van der Waals surface area (Å²) in [6, 6.07) is 0. The van der Waals surface area contributed by atoms with E-state index in [1.165, 1.54) is 0 Å². The Balaban J connectivity index is 2.47. The molecule has 0 bridgehead atoms. The SMILES string of the molecule is OCCN1C[C@H](O)[C@@]1(I)CO. The molecule has 0 unspecified atom stereocenters. The molecule has 0 aliphatic carbocycles. The maximum atomic E-state index is 9.27. The molecule has 1 rings (SSSR count). The Bertz CT molecular complexity index is 144. The summed E-state index contributed by atoms with van der Waals surface area (Å²) in [5, 5.41) is 26.8. The van der Waals surface area contributed by atoms with E-state index in [1.807, 2.05) is 27.5 Å². The van der Waals surface area contributed by atoms with Crippen LogP contribution in [0.2, 0.25) is 0 Å². The van der Waals surface area contributed by atoms with Gasteiger partial charge in [0.05, 0.1) is 19.3 Å².